The number of ketones is 1. The van der Waals surface area contributed by atoms with E-state index in [1.165, 1.54) is 0 Å². The van der Waals surface area contributed by atoms with E-state index in [1.54, 1.807) is 0 Å². The van der Waals surface area contributed by atoms with Gasteiger partial charge in [-0.05, 0) is 45.0 Å². The summed E-state index contributed by atoms with van der Waals surface area (Å²) in [5.74, 6) is 0.161. The van der Waals surface area contributed by atoms with Crippen LogP contribution in [-0.2, 0) is 0 Å². The van der Waals surface area contributed by atoms with Crippen LogP contribution in [0.5, 0.6) is 0 Å². The Labute approximate surface area is 120 Å². The number of nitrogens with zero attached hydrogens (tertiary/aromatic N) is 1. The summed E-state index contributed by atoms with van der Waals surface area (Å²) in [7, 11) is 0. The van der Waals surface area contributed by atoms with Gasteiger partial charge in [0.1, 0.15) is 0 Å². The van der Waals surface area contributed by atoms with Crippen molar-refractivity contribution in [1.82, 2.24) is 9.88 Å². The second-order valence-electron chi connectivity index (χ2n) is 5.06. The summed E-state index contributed by atoms with van der Waals surface area (Å²) in [5, 5.41) is 3.17. The Morgan fingerprint density at radius 1 is 1.20 bits per heavy atom. The highest BCUT2D eigenvalue weighted by molar-refractivity contribution is 5.99. The minimum Gasteiger partial charge on any atom is -0.318 e. The van der Waals surface area contributed by atoms with Gasteiger partial charge in [0, 0.05) is 22.6 Å². The summed E-state index contributed by atoms with van der Waals surface area (Å²) in [6.07, 6.45) is 1.04. The molecule has 1 aromatic heterocycles. The van der Waals surface area contributed by atoms with Crippen molar-refractivity contribution in [2.75, 3.05) is 13.1 Å². The highest BCUT2D eigenvalue weighted by Gasteiger charge is 2.15. The van der Waals surface area contributed by atoms with Crippen LogP contribution in [0.4, 0.5) is 0 Å². The van der Waals surface area contributed by atoms with Crippen LogP contribution in [0.25, 0.3) is 5.69 Å². The van der Waals surface area contributed by atoms with Gasteiger partial charge in [-0.25, -0.2) is 0 Å². The third kappa shape index (κ3) is 2.99. The van der Waals surface area contributed by atoms with E-state index >= 15 is 0 Å². The molecule has 0 amide bonds. The average Bonchev–Trinajstić information content (AvgIpc) is 2.75. The molecular formula is C17H22N2O. The van der Waals surface area contributed by atoms with E-state index < -0.39 is 0 Å². The Balaban J connectivity index is 2.27. The highest BCUT2D eigenvalue weighted by Crippen LogP contribution is 2.20. The predicted molar refractivity (Wildman–Crippen MR) is 82.7 cm³/mol. The Kier molecular flexibility index (Phi) is 4.74. The quantitative estimate of drug-likeness (QED) is 0.645. The minimum absolute atomic E-state index is 0.161. The van der Waals surface area contributed by atoms with Gasteiger partial charge in [0.05, 0.1) is 6.54 Å². The largest absolute Gasteiger partial charge is 0.318 e. The van der Waals surface area contributed by atoms with E-state index in [4.69, 9.17) is 0 Å². The van der Waals surface area contributed by atoms with Crippen LogP contribution in [0.3, 0.4) is 0 Å². The molecule has 1 N–H and O–H groups in total. The molecule has 1 aromatic carbocycles. The van der Waals surface area contributed by atoms with Crippen LogP contribution in [0.1, 0.15) is 35.1 Å². The summed E-state index contributed by atoms with van der Waals surface area (Å²) in [6, 6.07) is 12.1. The number of benzene rings is 1. The van der Waals surface area contributed by atoms with Crippen molar-refractivity contribution in [2.45, 2.75) is 27.2 Å². The Morgan fingerprint density at radius 2 is 1.90 bits per heavy atom. The van der Waals surface area contributed by atoms with Crippen molar-refractivity contribution in [3.8, 4) is 5.69 Å². The molecule has 3 heteroatoms. The molecule has 0 aliphatic heterocycles. The van der Waals surface area contributed by atoms with Gasteiger partial charge < -0.3 is 9.88 Å². The molecule has 0 unspecified atom stereocenters. The van der Waals surface area contributed by atoms with Crippen LogP contribution in [-0.4, -0.2) is 23.4 Å². The first-order valence-electron chi connectivity index (χ1n) is 7.13. The molecule has 20 heavy (non-hydrogen) atoms. The van der Waals surface area contributed by atoms with Gasteiger partial charge in [-0.2, -0.15) is 0 Å². The number of nitrogens with one attached hydrogen (secondary N) is 1. The molecule has 0 spiro atoms. The number of aromatic nitrogens is 1. The monoisotopic (exact) mass is 270 g/mol. The number of rotatable bonds is 6. The maximum Gasteiger partial charge on any atom is 0.178 e. The fraction of sp³-hybridized carbons (Fsp3) is 0.353. The van der Waals surface area contributed by atoms with Crippen LogP contribution < -0.4 is 5.32 Å². The van der Waals surface area contributed by atoms with Crippen molar-refractivity contribution in [1.29, 1.82) is 0 Å². The maximum atomic E-state index is 12.3. The van der Waals surface area contributed by atoms with E-state index in [9.17, 15) is 4.79 Å². The average molecular weight is 270 g/mol. The summed E-state index contributed by atoms with van der Waals surface area (Å²) < 4.78 is 2.13. The third-order valence-corrected chi connectivity index (χ3v) is 3.46. The lowest BCUT2D eigenvalue weighted by Gasteiger charge is -2.09. The topological polar surface area (TPSA) is 34.0 Å². The SMILES string of the molecule is CCCNCC(=O)c1cc(C)n(-c2ccccc2)c1C. The van der Waals surface area contributed by atoms with Gasteiger partial charge in [-0.15, -0.1) is 0 Å². The first kappa shape index (κ1) is 14.5. The van der Waals surface area contributed by atoms with Crippen molar-refractivity contribution in [3.63, 3.8) is 0 Å². The van der Waals surface area contributed by atoms with Gasteiger partial charge in [-0.3, -0.25) is 4.79 Å². The molecule has 0 atom stereocenters. The Bertz CT molecular complexity index is 585. The fourth-order valence-corrected chi connectivity index (χ4v) is 2.49. The normalized spacial score (nSPS) is 10.8. The molecule has 2 aromatic rings. The lowest BCUT2D eigenvalue weighted by molar-refractivity contribution is 0.0991. The lowest BCUT2D eigenvalue weighted by atomic mass is 10.1. The van der Waals surface area contributed by atoms with E-state index in [-0.39, 0.29) is 5.78 Å². The number of hydrogen-bond donors (Lipinski definition) is 1. The van der Waals surface area contributed by atoms with Crippen molar-refractivity contribution < 1.29 is 4.79 Å². The first-order chi connectivity index (χ1) is 9.65. The van der Waals surface area contributed by atoms with Crippen molar-refractivity contribution >= 4 is 5.78 Å². The molecule has 0 aliphatic carbocycles. The van der Waals surface area contributed by atoms with Crippen LogP contribution >= 0.6 is 0 Å². The fourth-order valence-electron chi connectivity index (χ4n) is 2.49. The van der Waals surface area contributed by atoms with E-state index in [2.05, 4.69) is 28.9 Å². The molecule has 3 nitrogen and oxygen atoms in total. The smallest absolute Gasteiger partial charge is 0.178 e. The van der Waals surface area contributed by atoms with E-state index in [0.29, 0.717) is 6.54 Å². The predicted octanol–water partition coefficient (Wildman–Crippen LogP) is 3.28. The van der Waals surface area contributed by atoms with Crippen LogP contribution in [0.2, 0.25) is 0 Å². The number of aryl methyl sites for hydroxylation is 1. The zero-order valence-corrected chi connectivity index (χ0v) is 12.4. The summed E-state index contributed by atoms with van der Waals surface area (Å²) in [4.78, 5) is 12.3. The number of hydrogen-bond acceptors (Lipinski definition) is 2. The second-order valence-corrected chi connectivity index (χ2v) is 5.06. The third-order valence-electron chi connectivity index (χ3n) is 3.46. The second kappa shape index (κ2) is 6.53. The Morgan fingerprint density at radius 3 is 2.55 bits per heavy atom. The molecule has 0 radical (unpaired) electrons. The zero-order chi connectivity index (χ0) is 14.5. The van der Waals surface area contributed by atoms with Gasteiger partial charge >= 0.3 is 0 Å². The molecular weight excluding hydrogens is 248 g/mol. The first-order valence-corrected chi connectivity index (χ1v) is 7.13. The minimum atomic E-state index is 0.161. The van der Waals surface area contributed by atoms with E-state index in [0.717, 1.165) is 35.6 Å². The van der Waals surface area contributed by atoms with Crippen molar-refractivity contribution in [3.05, 3.63) is 53.3 Å². The molecule has 106 valence electrons. The van der Waals surface area contributed by atoms with Crippen LogP contribution in [0.15, 0.2) is 36.4 Å². The molecule has 1 heterocycles. The van der Waals surface area contributed by atoms with Gasteiger partial charge in [-0.1, -0.05) is 25.1 Å². The van der Waals surface area contributed by atoms with Gasteiger partial charge in [0.15, 0.2) is 5.78 Å². The molecule has 0 fully saturated rings. The highest BCUT2D eigenvalue weighted by atomic mass is 16.1. The zero-order valence-electron chi connectivity index (χ0n) is 12.4. The van der Waals surface area contributed by atoms with Gasteiger partial charge in [0.25, 0.3) is 0 Å². The number of carbonyl (C=O) groups excluding carboxylic acids is 1. The van der Waals surface area contributed by atoms with Crippen molar-refractivity contribution in [2.24, 2.45) is 0 Å². The molecule has 2 rings (SSSR count). The lowest BCUT2D eigenvalue weighted by Crippen LogP contribution is -2.24. The summed E-state index contributed by atoms with van der Waals surface area (Å²) in [6.45, 7) is 7.43. The molecule has 0 saturated carbocycles. The van der Waals surface area contributed by atoms with E-state index in [1.807, 2.05) is 38.1 Å². The summed E-state index contributed by atoms with van der Waals surface area (Å²) >= 11 is 0. The number of Topliss-reactive ketones (excluding diaryl/α,β-unsaturated/α-hetero) is 1. The molecule has 0 saturated heterocycles. The number of para-hydroxylation sites is 1. The standard InChI is InChI=1S/C17H22N2O/c1-4-10-18-12-17(20)16-11-13(2)19(14(16)3)15-8-6-5-7-9-15/h5-9,11,18H,4,10,12H2,1-3H3. The van der Waals surface area contributed by atoms with Crippen LogP contribution in [0, 0.1) is 13.8 Å². The Hall–Kier alpha value is -1.87. The molecule has 0 bridgehead atoms. The summed E-state index contributed by atoms with van der Waals surface area (Å²) in [5.41, 5.74) is 4.02. The maximum absolute atomic E-state index is 12.3. The van der Waals surface area contributed by atoms with Gasteiger partial charge in [0.2, 0.25) is 0 Å². The number of carbonyl (C=O) groups is 1. The molecule has 0 aliphatic rings.